The quantitative estimate of drug-likeness (QED) is 0.787. The summed E-state index contributed by atoms with van der Waals surface area (Å²) < 4.78 is 0. The molecule has 5 heteroatoms. The third kappa shape index (κ3) is 3.49. The molecule has 1 saturated heterocycles. The van der Waals surface area contributed by atoms with Crippen molar-refractivity contribution in [3.63, 3.8) is 0 Å². The number of piperidine rings is 1. The molecular weight excluding hydrogens is 216 g/mol. The Kier molecular flexibility index (Phi) is 4.03. The first-order chi connectivity index (χ1) is 8.28. The van der Waals surface area contributed by atoms with Gasteiger partial charge in [-0.2, -0.15) is 0 Å². The molecule has 0 bridgehead atoms. The highest BCUT2D eigenvalue weighted by atomic mass is 16.1. The van der Waals surface area contributed by atoms with Gasteiger partial charge in [0.25, 0.3) is 0 Å². The highest BCUT2D eigenvalue weighted by Crippen LogP contribution is 2.19. The minimum absolute atomic E-state index is 0.634. The molecule has 1 aliphatic rings. The van der Waals surface area contributed by atoms with Gasteiger partial charge in [-0.3, -0.25) is 4.79 Å². The van der Waals surface area contributed by atoms with Gasteiger partial charge in [-0.05, 0) is 38.9 Å². The van der Waals surface area contributed by atoms with Gasteiger partial charge in [-0.1, -0.05) is 0 Å². The Bertz CT molecular complexity index is 357. The molecule has 1 N–H and O–H groups in total. The Morgan fingerprint density at radius 2 is 2.06 bits per heavy atom. The number of likely N-dealkylation sites (tertiary alicyclic amines) is 1. The van der Waals surface area contributed by atoms with Crippen molar-refractivity contribution in [3.8, 4) is 0 Å². The summed E-state index contributed by atoms with van der Waals surface area (Å²) in [6.45, 7) is 2.32. The molecule has 0 aromatic carbocycles. The molecular formula is C12H18N4O. The van der Waals surface area contributed by atoms with Gasteiger partial charge in [0, 0.05) is 6.42 Å². The molecule has 1 aromatic heterocycles. The van der Waals surface area contributed by atoms with E-state index in [1.54, 1.807) is 12.4 Å². The molecule has 2 rings (SSSR count). The van der Waals surface area contributed by atoms with E-state index >= 15 is 0 Å². The Hall–Kier alpha value is -1.49. The van der Waals surface area contributed by atoms with Gasteiger partial charge in [-0.25, -0.2) is 9.97 Å². The fraction of sp³-hybridized carbons (Fsp3) is 0.583. The molecule has 0 atom stereocenters. The van der Waals surface area contributed by atoms with Crippen molar-refractivity contribution in [2.45, 2.75) is 19.3 Å². The molecule has 17 heavy (non-hydrogen) atoms. The molecule has 2 heterocycles. The number of hydrogen-bond donors (Lipinski definition) is 1. The smallest absolute Gasteiger partial charge is 0.211 e. The van der Waals surface area contributed by atoms with Gasteiger partial charge >= 0.3 is 0 Å². The molecule has 0 radical (unpaired) electrons. The fourth-order valence-corrected chi connectivity index (χ4v) is 2.13. The van der Waals surface area contributed by atoms with Crippen LogP contribution in [0.15, 0.2) is 12.4 Å². The van der Waals surface area contributed by atoms with Crippen molar-refractivity contribution < 1.29 is 4.79 Å². The molecule has 1 fully saturated rings. The van der Waals surface area contributed by atoms with Gasteiger partial charge in [0.15, 0.2) is 0 Å². The second kappa shape index (κ2) is 5.72. The van der Waals surface area contributed by atoms with Crippen LogP contribution in [0, 0.1) is 5.92 Å². The first kappa shape index (κ1) is 12.0. The largest absolute Gasteiger partial charge is 0.326 e. The maximum absolute atomic E-state index is 10.2. The molecule has 92 valence electrons. The summed E-state index contributed by atoms with van der Waals surface area (Å²) in [7, 11) is 2.16. The molecule has 1 amide bonds. The normalized spacial score (nSPS) is 17.9. The number of carbonyl (C=O) groups is 1. The lowest BCUT2D eigenvalue weighted by molar-refractivity contribution is -0.105. The van der Waals surface area contributed by atoms with E-state index in [2.05, 4.69) is 27.2 Å². The lowest BCUT2D eigenvalue weighted by atomic mass is 9.93. The molecule has 1 aromatic rings. The summed E-state index contributed by atoms with van der Waals surface area (Å²) in [4.78, 5) is 21.1. The summed E-state index contributed by atoms with van der Waals surface area (Å²) in [5.41, 5.74) is 0.645. The topological polar surface area (TPSA) is 58.1 Å². The second-order valence-electron chi connectivity index (χ2n) is 4.60. The van der Waals surface area contributed by atoms with Crippen molar-refractivity contribution in [3.05, 3.63) is 18.2 Å². The summed E-state index contributed by atoms with van der Waals surface area (Å²) in [5.74, 6) is 1.56. The monoisotopic (exact) mass is 234 g/mol. The van der Waals surface area contributed by atoms with Crippen LogP contribution >= 0.6 is 0 Å². The number of aromatic nitrogens is 2. The summed E-state index contributed by atoms with van der Waals surface area (Å²) in [6.07, 6.45) is 7.32. The fourth-order valence-electron chi connectivity index (χ4n) is 2.13. The number of amides is 1. The SMILES string of the molecule is CN1CCC(Cc2ncc(NC=O)cn2)CC1. The molecule has 0 aliphatic carbocycles. The number of nitrogens with one attached hydrogen (secondary N) is 1. The molecule has 5 nitrogen and oxygen atoms in total. The van der Waals surface area contributed by atoms with E-state index in [0.29, 0.717) is 18.0 Å². The zero-order valence-corrected chi connectivity index (χ0v) is 10.1. The Morgan fingerprint density at radius 3 is 2.65 bits per heavy atom. The van der Waals surface area contributed by atoms with Crippen molar-refractivity contribution in [2.75, 3.05) is 25.5 Å². The predicted molar refractivity (Wildman–Crippen MR) is 65.6 cm³/mol. The van der Waals surface area contributed by atoms with E-state index < -0.39 is 0 Å². The maximum atomic E-state index is 10.2. The van der Waals surface area contributed by atoms with Crippen molar-refractivity contribution >= 4 is 12.1 Å². The van der Waals surface area contributed by atoms with Crippen molar-refractivity contribution in [1.82, 2.24) is 14.9 Å². The lowest BCUT2D eigenvalue weighted by Gasteiger charge is -2.28. The maximum Gasteiger partial charge on any atom is 0.211 e. The third-order valence-electron chi connectivity index (χ3n) is 3.24. The summed E-state index contributed by atoms with van der Waals surface area (Å²) in [6, 6.07) is 0. The van der Waals surface area contributed by atoms with Crippen LogP contribution in [0.25, 0.3) is 0 Å². The third-order valence-corrected chi connectivity index (χ3v) is 3.24. The van der Waals surface area contributed by atoms with Crippen LogP contribution in [0.4, 0.5) is 5.69 Å². The van der Waals surface area contributed by atoms with E-state index in [0.717, 1.165) is 25.3 Å². The van der Waals surface area contributed by atoms with E-state index in [1.165, 1.54) is 12.8 Å². The Morgan fingerprint density at radius 1 is 1.41 bits per heavy atom. The second-order valence-corrected chi connectivity index (χ2v) is 4.60. The van der Waals surface area contributed by atoms with Crippen LogP contribution in [0.1, 0.15) is 18.7 Å². The predicted octanol–water partition coefficient (Wildman–Crippen LogP) is 0.929. The Labute approximate surface area is 101 Å². The van der Waals surface area contributed by atoms with E-state index in [4.69, 9.17) is 0 Å². The zero-order chi connectivity index (χ0) is 12.1. The molecule has 0 spiro atoms. The average molecular weight is 234 g/mol. The number of nitrogens with zero attached hydrogens (tertiary/aromatic N) is 3. The average Bonchev–Trinajstić information content (AvgIpc) is 2.35. The molecule has 0 unspecified atom stereocenters. The number of hydrogen-bond acceptors (Lipinski definition) is 4. The zero-order valence-electron chi connectivity index (χ0n) is 10.1. The number of carbonyl (C=O) groups excluding carboxylic acids is 1. The van der Waals surface area contributed by atoms with Gasteiger partial charge in [0.1, 0.15) is 5.82 Å². The van der Waals surface area contributed by atoms with Crippen LogP contribution in [-0.2, 0) is 11.2 Å². The minimum Gasteiger partial charge on any atom is -0.326 e. The molecule has 0 saturated carbocycles. The highest BCUT2D eigenvalue weighted by Gasteiger charge is 2.17. The van der Waals surface area contributed by atoms with Crippen LogP contribution in [-0.4, -0.2) is 41.4 Å². The van der Waals surface area contributed by atoms with Crippen molar-refractivity contribution in [1.29, 1.82) is 0 Å². The van der Waals surface area contributed by atoms with Crippen LogP contribution in [0.5, 0.6) is 0 Å². The van der Waals surface area contributed by atoms with E-state index in [-0.39, 0.29) is 0 Å². The van der Waals surface area contributed by atoms with Crippen LogP contribution < -0.4 is 5.32 Å². The first-order valence-corrected chi connectivity index (χ1v) is 5.97. The van der Waals surface area contributed by atoms with Gasteiger partial charge in [-0.15, -0.1) is 0 Å². The Balaban J connectivity index is 1.88. The lowest BCUT2D eigenvalue weighted by Crippen LogP contribution is -2.31. The minimum atomic E-state index is 0.634. The van der Waals surface area contributed by atoms with Gasteiger partial charge < -0.3 is 10.2 Å². The summed E-state index contributed by atoms with van der Waals surface area (Å²) >= 11 is 0. The highest BCUT2D eigenvalue weighted by molar-refractivity contribution is 5.69. The van der Waals surface area contributed by atoms with Crippen molar-refractivity contribution in [2.24, 2.45) is 5.92 Å². The first-order valence-electron chi connectivity index (χ1n) is 5.97. The molecule has 1 aliphatic heterocycles. The van der Waals surface area contributed by atoms with E-state index in [9.17, 15) is 4.79 Å². The number of rotatable bonds is 4. The van der Waals surface area contributed by atoms with Gasteiger partial charge in [0.2, 0.25) is 6.41 Å². The van der Waals surface area contributed by atoms with E-state index in [1.807, 2.05) is 0 Å². The van der Waals surface area contributed by atoms with Crippen LogP contribution in [0.2, 0.25) is 0 Å². The number of anilines is 1. The van der Waals surface area contributed by atoms with Crippen LogP contribution in [0.3, 0.4) is 0 Å². The standard InChI is InChI=1S/C12H18N4O/c1-16-4-2-10(3-5-16)6-12-13-7-11(8-14-12)15-9-17/h7-10H,2-6H2,1H3,(H,15,17). The van der Waals surface area contributed by atoms with Gasteiger partial charge in [0.05, 0.1) is 18.1 Å². The summed E-state index contributed by atoms with van der Waals surface area (Å²) in [5, 5.41) is 2.53.